The third kappa shape index (κ3) is 14.7. The van der Waals surface area contributed by atoms with Crippen LogP contribution < -0.4 is 24.0 Å². The summed E-state index contributed by atoms with van der Waals surface area (Å²) in [5.74, 6) is 0.517. The Morgan fingerprint density at radius 3 is 1.71 bits per heavy atom. The zero-order valence-corrected chi connectivity index (χ0v) is 27.5. The Kier molecular flexibility index (Phi) is 19.9. The van der Waals surface area contributed by atoms with Gasteiger partial charge in [-0.2, -0.15) is 0 Å². The van der Waals surface area contributed by atoms with Gasteiger partial charge < -0.3 is 56.9 Å². The molecule has 1 aliphatic rings. The molecule has 12 heteroatoms. The highest BCUT2D eigenvalue weighted by Crippen LogP contribution is 2.31. The van der Waals surface area contributed by atoms with Crippen molar-refractivity contribution in [2.24, 2.45) is 0 Å². The van der Waals surface area contributed by atoms with Crippen molar-refractivity contribution in [3.8, 4) is 12.3 Å². The fourth-order valence-corrected chi connectivity index (χ4v) is 3.99. The fraction of sp³-hybridized carbons (Fsp3) is 0.793. The Morgan fingerprint density at radius 1 is 0.756 bits per heavy atom. The lowest BCUT2D eigenvalue weighted by Crippen LogP contribution is -3.00. The summed E-state index contributed by atoms with van der Waals surface area (Å²) in [6.45, 7) is 8.17. The number of quaternary nitrogens is 1. The molecular weight excluding hydrogens is 649 g/mol. The molecule has 0 aromatic carbocycles. The first-order chi connectivity index (χ1) is 19.0. The molecule has 0 aromatic rings. The highest BCUT2D eigenvalue weighted by Gasteiger charge is 2.53. The van der Waals surface area contributed by atoms with Gasteiger partial charge in [0.25, 0.3) is 0 Å². The Hall–Kier alpha value is -1.95. The normalized spacial score (nSPS) is 22.0. The molecule has 1 fully saturated rings. The number of hydrogen-bond acceptors (Lipinski definition) is 10. The number of carbonyl (C=O) groups excluding carboxylic acids is 4. The molecule has 41 heavy (non-hydrogen) atoms. The fourth-order valence-electron chi connectivity index (χ4n) is 3.99. The minimum Gasteiger partial charge on any atom is -1.00 e. The molecule has 1 saturated heterocycles. The van der Waals surface area contributed by atoms with Crippen LogP contribution in [0.25, 0.3) is 0 Å². The van der Waals surface area contributed by atoms with Crippen molar-refractivity contribution in [2.75, 3.05) is 40.4 Å². The van der Waals surface area contributed by atoms with Crippen LogP contribution in [0.15, 0.2) is 0 Å². The van der Waals surface area contributed by atoms with Crippen LogP contribution in [0.1, 0.15) is 79.1 Å². The van der Waals surface area contributed by atoms with E-state index in [0.29, 0.717) is 43.3 Å². The summed E-state index contributed by atoms with van der Waals surface area (Å²) in [6.07, 6.45) is 2.23. The molecular formula is C29H48INO10. The van der Waals surface area contributed by atoms with Crippen LogP contribution in [0, 0.1) is 12.3 Å². The Morgan fingerprint density at radius 2 is 1.22 bits per heavy atom. The average Bonchev–Trinajstić information content (AvgIpc) is 2.86. The van der Waals surface area contributed by atoms with Gasteiger partial charge in [0.05, 0.1) is 20.7 Å². The predicted octanol–water partition coefficient (Wildman–Crippen LogP) is -0.0795. The number of nitrogens with zero attached hydrogens (tertiary/aromatic N) is 1. The van der Waals surface area contributed by atoms with Crippen molar-refractivity contribution in [1.82, 2.24) is 0 Å². The summed E-state index contributed by atoms with van der Waals surface area (Å²) in [6, 6.07) is 0. The number of esters is 4. The van der Waals surface area contributed by atoms with E-state index in [1.165, 1.54) is 0 Å². The summed E-state index contributed by atoms with van der Waals surface area (Å²) in [5.41, 5.74) is 0. The first kappa shape index (κ1) is 39.0. The van der Waals surface area contributed by atoms with Crippen molar-refractivity contribution in [3.63, 3.8) is 0 Å². The topological polar surface area (TPSA) is 124 Å². The standard InChI is InChI=1S/C29H48NO10.HI/c1-8-13-22(31)36-20-21-26(38-23(32)14-9-2)27(39-24(33)15-10-3)28(40-25(34)16-11-4)29(37-21)35-19-18-30(6,7)17-12-5;/h5,21,26-29H,8-11,13-20H2,1-4,6-7H3;1H/q+1;/p-1/t21-,26-,27+,28-,29-;/m1./s1. The van der Waals surface area contributed by atoms with Gasteiger partial charge in [0.1, 0.15) is 25.8 Å². The largest absolute Gasteiger partial charge is 1.00 e. The van der Waals surface area contributed by atoms with Crippen molar-refractivity contribution >= 4 is 23.9 Å². The minimum absolute atomic E-state index is 0. The van der Waals surface area contributed by atoms with E-state index in [1.807, 2.05) is 41.8 Å². The SMILES string of the molecule is C#CC[N+](C)(C)CCO[C@@H]1O[C@H](COC(=O)CCC)[C@@H](OC(=O)CCC)[C@H](OC(=O)CCC)[C@H]1OC(=O)CCC.[I-]. The molecule has 0 aliphatic carbocycles. The number of carbonyl (C=O) groups is 4. The van der Waals surface area contributed by atoms with E-state index in [2.05, 4.69) is 5.92 Å². The molecule has 0 N–H and O–H groups in total. The quantitative estimate of drug-likeness (QED) is 0.0632. The smallest absolute Gasteiger partial charge is 0.306 e. The Bertz CT molecular complexity index is 859. The third-order valence-electron chi connectivity index (χ3n) is 6.12. The van der Waals surface area contributed by atoms with E-state index in [4.69, 9.17) is 34.8 Å². The van der Waals surface area contributed by atoms with Crippen LogP contribution in [-0.4, -0.2) is 99.5 Å². The van der Waals surface area contributed by atoms with E-state index in [0.717, 1.165) is 0 Å². The molecule has 11 nitrogen and oxygen atoms in total. The molecule has 0 amide bonds. The molecule has 1 aliphatic heterocycles. The average molecular weight is 698 g/mol. The molecule has 0 spiro atoms. The van der Waals surface area contributed by atoms with Crippen LogP contribution in [-0.2, 0) is 47.6 Å². The molecule has 236 valence electrons. The predicted molar refractivity (Wildman–Crippen MR) is 146 cm³/mol. The van der Waals surface area contributed by atoms with Gasteiger partial charge in [-0.15, -0.1) is 6.42 Å². The third-order valence-corrected chi connectivity index (χ3v) is 6.12. The second-order valence-corrected chi connectivity index (χ2v) is 10.5. The van der Waals surface area contributed by atoms with E-state index < -0.39 is 54.6 Å². The molecule has 0 radical (unpaired) electrons. The maximum Gasteiger partial charge on any atom is 0.306 e. The van der Waals surface area contributed by atoms with Crippen molar-refractivity contribution in [2.45, 2.75) is 110 Å². The molecule has 5 atom stereocenters. The highest BCUT2D eigenvalue weighted by atomic mass is 127. The van der Waals surface area contributed by atoms with Gasteiger partial charge in [0, 0.05) is 25.7 Å². The van der Waals surface area contributed by atoms with E-state index in [-0.39, 0.29) is 62.9 Å². The molecule has 0 aromatic heterocycles. The number of terminal acetylenes is 1. The number of hydrogen-bond donors (Lipinski definition) is 0. The highest BCUT2D eigenvalue weighted by molar-refractivity contribution is 5.72. The van der Waals surface area contributed by atoms with Crippen molar-refractivity contribution in [1.29, 1.82) is 0 Å². The second-order valence-electron chi connectivity index (χ2n) is 10.5. The lowest BCUT2D eigenvalue weighted by Gasteiger charge is -2.44. The first-order valence-electron chi connectivity index (χ1n) is 14.3. The van der Waals surface area contributed by atoms with Crippen LogP contribution in [0.2, 0.25) is 0 Å². The summed E-state index contributed by atoms with van der Waals surface area (Å²) < 4.78 is 35.4. The van der Waals surface area contributed by atoms with Gasteiger partial charge in [0.2, 0.25) is 0 Å². The van der Waals surface area contributed by atoms with Crippen molar-refractivity contribution in [3.05, 3.63) is 0 Å². The van der Waals surface area contributed by atoms with Crippen LogP contribution in [0.4, 0.5) is 0 Å². The number of halogens is 1. The maximum atomic E-state index is 12.7. The Labute approximate surface area is 261 Å². The lowest BCUT2D eigenvalue weighted by atomic mass is 9.97. The molecule has 0 saturated carbocycles. The van der Waals surface area contributed by atoms with Gasteiger partial charge >= 0.3 is 23.9 Å². The number of rotatable bonds is 18. The van der Waals surface area contributed by atoms with Gasteiger partial charge in [-0.25, -0.2) is 0 Å². The zero-order chi connectivity index (χ0) is 30.1. The van der Waals surface area contributed by atoms with Crippen LogP contribution in [0.5, 0.6) is 0 Å². The number of ether oxygens (including phenoxy) is 6. The van der Waals surface area contributed by atoms with E-state index in [9.17, 15) is 19.2 Å². The van der Waals surface area contributed by atoms with Gasteiger partial charge in [-0.05, 0) is 31.6 Å². The van der Waals surface area contributed by atoms with Crippen LogP contribution >= 0.6 is 0 Å². The molecule has 0 unspecified atom stereocenters. The zero-order valence-electron chi connectivity index (χ0n) is 25.4. The first-order valence-corrected chi connectivity index (χ1v) is 14.3. The van der Waals surface area contributed by atoms with E-state index >= 15 is 0 Å². The lowest BCUT2D eigenvalue weighted by molar-refractivity contribution is -0.883. The van der Waals surface area contributed by atoms with Gasteiger partial charge in [-0.1, -0.05) is 27.7 Å². The summed E-state index contributed by atoms with van der Waals surface area (Å²) >= 11 is 0. The second kappa shape index (κ2) is 20.9. The minimum atomic E-state index is -1.25. The summed E-state index contributed by atoms with van der Waals surface area (Å²) in [7, 11) is 3.89. The molecule has 1 heterocycles. The summed E-state index contributed by atoms with van der Waals surface area (Å²) in [4.78, 5) is 50.2. The van der Waals surface area contributed by atoms with Gasteiger partial charge in [-0.3, -0.25) is 19.2 Å². The molecule has 0 bridgehead atoms. The van der Waals surface area contributed by atoms with Crippen LogP contribution in [0.3, 0.4) is 0 Å². The maximum absolute atomic E-state index is 12.7. The molecule has 1 rings (SSSR count). The van der Waals surface area contributed by atoms with Crippen molar-refractivity contribution < 1.29 is 76.1 Å². The summed E-state index contributed by atoms with van der Waals surface area (Å²) in [5, 5.41) is 0. The monoisotopic (exact) mass is 697 g/mol. The van der Waals surface area contributed by atoms with Gasteiger partial charge in [0.15, 0.2) is 24.6 Å². The number of likely N-dealkylation sites (N-methyl/N-ethyl adjacent to an activating group) is 1. The Balaban J connectivity index is 0.0000160. The van der Waals surface area contributed by atoms with E-state index in [1.54, 1.807) is 0 Å².